The number of nitrogens with zero attached hydrogens (tertiary/aromatic N) is 2. The van der Waals surface area contributed by atoms with E-state index >= 15 is 0 Å². The molecule has 1 fully saturated rings. The molecule has 39 heavy (non-hydrogen) atoms. The number of carbonyl (C=O) groups excluding carboxylic acids is 3. The molecular weight excluding hydrogens is 510 g/mol. The Balaban J connectivity index is 1.62. The van der Waals surface area contributed by atoms with E-state index < -0.39 is 58.0 Å². The number of aromatic hydroxyl groups is 1. The van der Waals surface area contributed by atoms with Crippen LogP contribution in [-0.2, 0) is 27.3 Å². The van der Waals surface area contributed by atoms with Crippen molar-refractivity contribution in [1.29, 1.82) is 0 Å². The van der Waals surface area contributed by atoms with Crippen molar-refractivity contribution in [3.05, 3.63) is 45.4 Å². The van der Waals surface area contributed by atoms with Gasteiger partial charge in [0.25, 0.3) is 5.91 Å². The van der Waals surface area contributed by atoms with Gasteiger partial charge in [-0.05, 0) is 38.9 Å². The number of Topliss-reactive ketones (excluding diaryl/α,β-unsaturated/α-hetero) is 2. The molecule has 0 radical (unpaired) electrons. The normalized spacial score (nSPS) is 29.2. The standard InChI is InChI=1S/C27H33N3O9/c1-29(2)20-15-6-11-5-14-18(16(31)7-12(23(14)39-4)8-30-9-13(10-30)38-3)21(32)17(11)24(34)27(15,37)25(35)19(22(20)33)26(28)36/h7,11,13,15,20,31,33-34,37H,5-6,8-10H2,1-4H3,(H2,28,36)/t11-,15-,20-,27-/m0/s1. The number of allylic oxidation sites excluding steroid dienone is 1. The summed E-state index contributed by atoms with van der Waals surface area (Å²) in [5.74, 6) is -6.38. The molecule has 1 aromatic rings. The second-order valence-corrected chi connectivity index (χ2v) is 11.0. The smallest absolute Gasteiger partial charge is 0.255 e. The fraction of sp³-hybridized carbons (Fsp3) is 0.519. The van der Waals surface area contributed by atoms with Crippen LogP contribution in [0.1, 0.15) is 27.9 Å². The zero-order valence-electron chi connectivity index (χ0n) is 22.2. The number of likely N-dealkylation sites (N-methyl/N-ethyl adjacent to an activating group) is 1. The molecule has 4 atom stereocenters. The van der Waals surface area contributed by atoms with Crippen molar-refractivity contribution in [3.8, 4) is 11.5 Å². The first-order chi connectivity index (χ1) is 18.4. The molecule has 3 aliphatic carbocycles. The van der Waals surface area contributed by atoms with Crippen LogP contribution in [0.3, 0.4) is 0 Å². The predicted octanol–water partition coefficient (Wildman–Crippen LogP) is -0.0402. The number of primary amides is 1. The molecule has 4 aliphatic rings. The van der Waals surface area contributed by atoms with E-state index in [0.29, 0.717) is 36.5 Å². The first-order valence-corrected chi connectivity index (χ1v) is 12.7. The summed E-state index contributed by atoms with van der Waals surface area (Å²) in [6, 6.07) is 0.408. The first kappa shape index (κ1) is 27.1. The number of fused-ring (bicyclic) bond motifs is 3. The number of hydrogen-bond donors (Lipinski definition) is 5. The van der Waals surface area contributed by atoms with Crippen molar-refractivity contribution >= 4 is 17.5 Å². The highest BCUT2D eigenvalue weighted by Crippen LogP contribution is 2.53. The van der Waals surface area contributed by atoms with Crippen molar-refractivity contribution in [2.75, 3.05) is 41.4 Å². The summed E-state index contributed by atoms with van der Waals surface area (Å²) in [4.78, 5) is 42.9. The SMILES string of the molecule is COc1c(CN2CC(OC)C2)cc(O)c2c1C[C@H]1C[C@H]3[C@H](N(C)C)C(O)=C(C(N)=O)C(=O)[C@@]3(O)C(O)=C1C2=O. The molecule has 1 aliphatic heterocycles. The van der Waals surface area contributed by atoms with E-state index in [9.17, 15) is 34.8 Å². The molecule has 1 saturated heterocycles. The molecule has 6 N–H and O–H groups in total. The summed E-state index contributed by atoms with van der Waals surface area (Å²) in [7, 11) is 6.30. The molecule has 5 rings (SSSR count). The second-order valence-electron chi connectivity index (χ2n) is 11.0. The van der Waals surface area contributed by atoms with Gasteiger partial charge in [-0.25, -0.2) is 0 Å². The number of likely N-dealkylation sites (tertiary alicyclic amines) is 1. The Labute approximate surface area is 224 Å². The van der Waals surface area contributed by atoms with E-state index in [1.54, 1.807) is 21.2 Å². The maximum atomic E-state index is 13.8. The number of ether oxygens (including phenoxy) is 2. The summed E-state index contributed by atoms with van der Waals surface area (Å²) in [5, 5.41) is 44.9. The van der Waals surface area contributed by atoms with Crippen molar-refractivity contribution in [3.63, 3.8) is 0 Å². The third-order valence-electron chi connectivity index (χ3n) is 8.60. The summed E-state index contributed by atoms with van der Waals surface area (Å²) in [6.07, 6.45) is 0.310. The van der Waals surface area contributed by atoms with E-state index in [2.05, 4.69) is 4.90 Å². The minimum Gasteiger partial charge on any atom is -0.510 e. The number of aliphatic hydroxyl groups is 3. The van der Waals surface area contributed by atoms with Gasteiger partial charge in [0.05, 0.1) is 24.8 Å². The van der Waals surface area contributed by atoms with Crippen LogP contribution in [0.2, 0.25) is 0 Å². The molecule has 210 valence electrons. The average Bonchev–Trinajstić information content (AvgIpc) is 2.82. The maximum absolute atomic E-state index is 13.8. The molecule has 0 aromatic heterocycles. The number of nitrogens with two attached hydrogens (primary N) is 1. The van der Waals surface area contributed by atoms with Crippen LogP contribution in [0.15, 0.2) is 28.7 Å². The number of methoxy groups -OCH3 is 2. The van der Waals surface area contributed by atoms with Crippen LogP contribution in [-0.4, -0.2) is 107 Å². The lowest BCUT2D eigenvalue weighted by molar-refractivity contribution is -0.148. The molecular formula is C27H33N3O9. The van der Waals surface area contributed by atoms with Gasteiger partial charge in [0.2, 0.25) is 5.78 Å². The Bertz CT molecular complexity index is 1340. The van der Waals surface area contributed by atoms with E-state index in [1.165, 1.54) is 18.1 Å². The van der Waals surface area contributed by atoms with Gasteiger partial charge in [0, 0.05) is 49.4 Å². The Morgan fingerprint density at radius 3 is 2.44 bits per heavy atom. The third-order valence-corrected chi connectivity index (χ3v) is 8.60. The first-order valence-electron chi connectivity index (χ1n) is 12.7. The quantitative estimate of drug-likeness (QED) is 0.304. The number of benzene rings is 1. The number of ketones is 2. The molecule has 12 heteroatoms. The van der Waals surface area contributed by atoms with Crippen LogP contribution in [0, 0.1) is 11.8 Å². The summed E-state index contributed by atoms with van der Waals surface area (Å²) >= 11 is 0. The van der Waals surface area contributed by atoms with Gasteiger partial charge in [0.15, 0.2) is 11.4 Å². The third kappa shape index (κ3) is 3.77. The summed E-state index contributed by atoms with van der Waals surface area (Å²) in [6.45, 7) is 1.89. The second kappa shape index (κ2) is 9.33. The Hall–Kier alpha value is -3.45. The van der Waals surface area contributed by atoms with Gasteiger partial charge in [-0.1, -0.05) is 0 Å². The van der Waals surface area contributed by atoms with E-state index in [-0.39, 0.29) is 35.8 Å². The van der Waals surface area contributed by atoms with Crippen molar-refractivity contribution < 1.29 is 44.3 Å². The highest BCUT2D eigenvalue weighted by atomic mass is 16.5. The molecule has 0 bridgehead atoms. The molecule has 1 heterocycles. The summed E-state index contributed by atoms with van der Waals surface area (Å²) < 4.78 is 11.1. The molecule has 1 aromatic carbocycles. The number of hydrogen-bond acceptors (Lipinski definition) is 11. The Kier molecular flexibility index (Phi) is 6.49. The van der Waals surface area contributed by atoms with Crippen molar-refractivity contribution in [1.82, 2.24) is 9.80 Å². The lowest BCUT2D eigenvalue weighted by atomic mass is 9.58. The topological polar surface area (TPSA) is 183 Å². The molecule has 0 spiro atoms. The minimum atomic E-state index is -2.67. The molecule has 0 unspecified atom stereocenters. The number of amides is 1. The zero-order valence-corrected chi connectivity index (χ0v) is 22.2. The van der Waals surface area contributed by atoms with Gasteiger partial charge in [0.1, 0.15) is 28.6 Å². The van der Waals surface area contributed by atoms with Crippen LogP contribution < -0.4 is 10.5 Å². The van der Waals surface area contributed by atoms with E-state index in [0.717, 1.165) is 0 Å². The lowest BCUT2D eigenvalue weighted by Gasteiger charge is -2.50. The fourth-order valence-electron chi connectivity index (χ4n) is 6.78. The molecule has 12 nitrogen and oxygen atoms in total. The van der Waals surface area contributed by atoms with Crippen molar-refractivity contribution in [2.45, 2.75) is 37.1 Å². The monoisotopic (exact) mass is 543 g/mol. The number of aliphatic hydroxyl groups excluding tert-OH is 2. The van der Waals surface area contributed by atoms with Crippen LogP contribution in [0.25, 0.3) is 0 Å². The predicted molar refractivity (Wildman–Crippen MR) is 136 cm³/mol. The number of phenolic OH excluding ortho intramolecular Hbond substituents is 1. The minimum absolute atomic E-state index is 0.0154. The summed E-state index contributed by atoms with van der Waals surface area (Å²) in [5.41, 5.74) is 2.73. The van der Waals surface area contributed by atoms with E-state index in [4.69, 9.17) is 15.2 Å². The average molecular weight is 544 g/mol. The highest BCUT2D eigenvalue weighted by molar-refractivity contribution is 6.24. The van der Waals surface area contributed by atoms with Gasteiger partial charge in [-0.3, -0.25) is 24.2 Å². The van der Waals surface area contributed by atoms with Crippen LogP contribution in [0.5, 0.6) is 11.5 Å². The fourth-order valence-corrected chi connectivity index (χ4v) is 6.78. The zero-order chi connectivity index (χ0) is 28.5. The maximum Gasteiger partial charge on any atom is 0.255 e. The van der Waals surface area contributed by atoms with Gasteiger partial charge in [-0.2, -0.15) is 0 Å². The molecule has 1 amide bonds. The van der Waals surface area contributed by atoms with E-state index in [1.807, 2.05) is 0 Å². The molecule has 0 saturated carbocycles. The number of phenols is 1. The van der Waals surface area contributed by atoms with Gasteiger partial charge >= 0.3 is 0 Å². The largest absolute Gasteiger partial charge is 0.510 e. The number of carbonyl (C=O) groups is 3. The lowest BCUT2D eigenvalue weighted by Crippen LogP contribution is -2.63. The Morgan fingerprint density at radius 1 is 1.21 bits per heavy atom. The van der Waals surface area contributed by atoms with Crippen LogP contribution >= 0.6 is 0 Å². The van der Waals surface area contributed by atoms with Crippen molar-refractivity contribution in [2.24, 2.45) is 17.6 Å². The Morgan fingerprint density at radius 2 is 1.87 bits per heavy atom. The highest BCUT2D eigenvalue weighted by Gasteiger charge is 2.63. The van der Waals surface area contributed by atoms with Crippen LogP contribution in [0.4, 0.5) is 0 Å². The van der Waals surface area contributed by atoms with Gasteiger partial charge < -0.3 is 35.6 Å². The van der Waals surface area contributed by atoms with Gasteiger partial charge in [-0.15, -0.1) is 0 Å². The number of rotatable bonds is 6.